The average Bonchev–Trinajstić information content (AvgIpc) is 3.12. The predicted octanol–water partition coefficient (Wildman–Crippen LogP) is 3.29. The summed E-state index contributed by atoms with van der Waals surface area (Å²) in [6, 6.07) is 11.5. The van der Waals surface area contributed by atoms with E-state index in [1.165, 1.54) is 11.3 Å². The number of anilines is 2. The topological polar surface area (TPSA) is 70.7 Å². The molecule has 0 saturated carbocycles. The van der Waals surface area contributed by atoms with Crippen LogP contribution >= 0.6 is 11.3 Å². The molecular weight excluding hydrogens is 362 g/mol. The number of nitrogens with one attached hydrogen (secondary N) is 2. The van der Waals surface area contributed by atoms with Gasteiger partial charge in [-0.3, -0.25) is 9.59 Å². The molecule has 6 nitrogen and oxygen atoms in total. The van der Waals surface area contributed by atoms with Gasteiger partial charge in [0.25, 0.3) is 5.91 Å². The van der Waals surface area contributed by atoms with Crippen LogP contribution in [0.5, 0.6) is 0 Å². The number of benzene rings is 1. The van der Waals surface area contributed by atoms with Crippen LogP contribution in [0.4, 0.5) is 11.4 Å². The van der Waals surface area contributed by atoms with E-state index in [2.05, 4.69) is 10.6 Å². The lowest BCUT2D eigenvalue weighted by Gasteiger charge is -2.17. The van der Waals surface area contributed by atoms with Crippen molar-refractivity contribution < 1.29 is 14.3 Å². The van der Waals surface area contributed by atoms with Crippen LogP contribution in [0.2, 0.25) is 0 Å². The SMILES string of the molecule is CCOCCN(C=O)c1ccc(NCCCNC(=O)c2ccc(C)s2)cc1. The number of rotatable bonds is 12. The first-order valence-electron chi connectivity index (χ1n) is 9.12. The second kappa shape index (κ2) is 11.4. The molecule has 0 aliphatic carbocycles. The van der Waals surface area contributed by atoms with Crippen LogP contribution in [0.15, 0.2) is 36.4 Å². The Morgan fingerprint density at radius 1 is 1.19 bits per heavy atom. The van der Waals surface area contributed by atoms with E-state index < -0.39 is 0 Å². The van der Waals surface area contributed by atoms with Crippen LogP contribution in [0.25, 0.3) is 0 Å². The van der Waals surface area contributed by atoms with E-state index in [9.17, 15) is 9.59 Å². The van der Waals surface area contributed by atoms with E-state index in [0.717, 1.165) is 40.5 Å². The molecule has 0 spiro atoms. The molecule has 1 aromatic heterocycles. The van der Waals surface area contributed by atoms with Gasteiger partial charge in [-0.2, -0.15) is 0 Å². The Bertz CT molecular complexity index is 716. The summed E-state index contributed by atoms with van der Waals surface area (Å²) in [7, 11) is 0. The van der Waals surface area contributed by atoms with Crippen molar-refractivity contribution in [2.24, 2.45) is 0 Å². The van der Waals surface area contributed by atoms with Crippen LogP contribution in [-0.4, -0.2) is 45.2 Å². The lowest BCUT2D eigenvalue weighted by Crippen LogP contribution is -2.25. The summed E-state index contributed by atoms with van der Waals surface area (Å²) in [5, 5.41) is 6.25. The van der Waals surface area contributed by atoms with Crippen molar-refractivity contribution in [1.82, 2.24) is 5.32 Å². The van der Waals surface area contributed by atoms with E-state index in [4.69, 9.17) is 4.74 Å². The quantitative estimate of drug-likeness (QED) is 0.432. The maximum atomic E-state index is 12.0. The summed E-state index contributed by atoms with van der Waals surface area (Å²) in [5.41, 5.74) is 1.82. The first-order valence-corrected chi connectivity index (χ1v) is 9.94. The minimum absolute atomic E-state index is 0.0153. The fourth-order valence-corrected chi connectivity index (χ4v) is 3.27. The third-order valence-corrected chi connectivity index (χ3v) is 4.94. The van der Waals surface area contributed by atoms with E-state index in [-0.39, 0.29) is 5.91 Å². The molecule has 0 bridgehead atoms. The molecule has 27 heavy (non-hydrogen) atoms. The molecule has 0 radical (unpaired) electrons. The zero-order chi connectivity index (χ0) is 19.5. The average molecular weight is 390 g/mol. The number of amides is 2. The molecule has 1 heterocycles. The summed E-state index contributed by atoms with van der Waals surface area (Å²) in [6.07, 6.45) is 1.64. The van der Waals surface area contributed by atoms with Crippen LogP contribution in [-0.2, 0) is 9.53 Å². The number of thiophene rings is 1. The van der Waals surface area contributed by atoms with Gasteiger partial charge in [-0.05, 0) is 56.7 Å². The lowest BCUT2D eigenvalue weighted by molar-refractivity contribution is -0.107. The second-order valence-corrected chi connectivity index (χ2v) is 7.28. The number of aryl methyl sites for hydroxylation is 1. The number of carbonyl (C=O) groups excluding carboxylic acids is 2. The molecule has 2 N–H and O–H groups in total. The van der Waals surface area contributed by atoms with Crippen molar-refractivity contribution in [2.75, 3.05) is 43.1 Å². The number of carbonyl (C=O) groups is 2. The molecule has 0 aliphatic rings. The Labute approximate surface area is 164 Å². The fraction of sp³-hybridized carbons (Fsp3) is 0.400. The largest absolute Gasteiger partial charge is 0.385 e. The zero-order valence-corrected chi connectivity index (χ0v) is 16.7. The van der Waals surface area contributed by atoms with Gasteiger partial charge >= 0.3 is 0 Å². The molecule has 0 unspecified atom stereocenters. The van der Waals surface area contributed by atoms with Crippen LogP contribution in [0.3, 0.4) is 0 Å². The molecule has 0 saturated heterocycles. The van der Waals surface area contributed by atoms with Crippen LogP contribution < -0.4 is 15.5 Å². The van der Waals surface area contributed by atoms with Gasteiger partial charge in [0, 0.05) is 42.5 Å². The number of hydrogen-bond donors (Lipinski definition) is 2. The normalized spacial score (nSPS) is 10.4. The molecule has 0 aliphatic heterocycles. The molecule has 146 valence electrons. The van der Waals surface area contributed by atoms with Crippen LogP contribution in [0.1, 0.15) is 27.9 Å². The third kappa shape index (κ3) is 7.03. The maximum Gasteiger partial charge on any atom is 0.261 e. The molecular formula is C20H27N3O3S. The van der Waals surface area contributed by atoms with Gasteiger partial charge in [-0.1, -0.05) is 0 Å². The van der Waals surface area contributed by atoms with Crippen molar-refractivity contribution >= 4 is 35.0 Å². The molecule has 2 rings (SSSR count). The summed E-state index contributed by atoms with van der Waals surface area (Å²) < 4.78 is 5.29. The molecule has 2 amide bonds. The van der Waals surface area contributed by atoms with Crippen molar-refractivity contribution in [2.45, 2.75) is 20.3 Å². The summed E-state index contributed by atoms with van der Waals surface area (Å²) in [5.74, 6) is -0.0153. The highest BCUT2D eigenvalue weighted by Gasteiger charge is 2.07. The van der Waals surface area contributed by atoms with E-state index in [1.807, 2.05) is 50.2 Å². The van der Waals surface area contributed by atoms with Gasteiger partial charge in [-0.15, -0.1) is 11.3 Å². The Kier molecular flexibility index (Phi) is 8.80. The maximum absolute atomic E-state index is 12.0. The Morgan fingerprint density at radius 2 is 1.96 bits per heavy atom. The van der Waals surface area contributed by atoms with E-state index in [0.29, 0.717) is 26.3 Å². The monoisotopic (exact) mass is 389 g/mol. The van der Waals surface area contributed by atoms with Crippen molar-refractivity contribution in [1.29, 1.82) is 0 Å². The highest BCUT2D eigenvalue weighted by molar-refractivity contribution is 7.13. The smallest absolute Gasteiger partial charge is 0.261 e. The Morgan fingerprint density at radius 3 is 2.59 bits per heavy atom. The van der Waals surface area contributed by atoms with Gasteiger partial charge in [0.1, 0.15) is 0 Å². The number of nitrogens with zero attached hydrogens (tertiary/aromatic N) is 1. The molecule has 7 heteroatoms. The second-order valence-electron chi connectivity index (χ2n) is 5.99. The molecule has 2 aromatic rings. The lowest BCUT2D eigenvalue weighted by atomic mass is 10.2. The standard InChI is InChI=1S/C20H27N3O3S/c1-3-26-14-13-23(15-24)18-8-6-17(7-9-18)21-11-4-12-22-20(25)19-10-5-16(2)27-19/h5-10,15,21H,3-4,11-14H2,1-2H3,(H,22,25). The van der Waals surface area contributed by atoms with Gasteiger partial charge in [0.2, 0.25) is 6.41 Å². The van der Waals surface area contributed by atoms with Gasteiger partial charge < -0.3 is 20.3 Å². The predicted molar refractivity (Wildman–Crippen MR) is 111 cm³/mol. The van der Waals surface area contributed by atoms with Gasteiger partial charge in [0.15, 0.2) is 0 Å². The highest BCUT2D eigenvalue weighted by Crippen LogP contribution is 2.17. The van der Waals surface area contributed by atoms with E-state index in [1.54, 1.807) is 4.90 Å². The first-order chi connectivity index (χ1) is 13.1. The Balaban J connectivity index is 1.68. The van der Waals surface area contributed by atoms with Gasteiger partial charge in [-0.25, -0.2) is 0 Å². The summed E-state index contributed by atoms with van der Waals surface area (Å²) >= 11 is 1.50. The van der Waals surface area contributed by atoms with Crippen LogP contribution in [0, 0.1) is 6.92 Å². The Hall–Kier alpha value is -2.38. The van der Waals surface area contributed by atoms with Crippen molar-refractivity contribution in [3.05, 3.63) is 46.2 Å². The molecule has 1 aromatic carbocycles. The fourth-order valence-electron chi connectivity index (χ4n) is 2.49. The first kappa shape index (κ1) is 20.9. The van der Waals surface area contributed by atoms with Crippen molar-refractivity contribution in [3.8, 4) is 0 Å². The zero-order valence-electron chi connectivity index (χ0n) is 15.9. The number of ether oxygens (including phenoxy) is 1. The highest BCUT2D eigenvalue weighted by atomic mass is 32.1. The summed E-state index contributed by atoms with van der Waals surface area (Å²) in [6.45, 7) is 6.99. The molecule has 0 fully saturated rings. The molecule has 0 atom stereocenters. The van der Waals surface area contributed by atoms with E-state index >= 15 is 0 Å². The van der Waals surface area contributed by atoms with Crippen molar-refractivity contribution in [3.63, 3.8) is 0 Å². The third-order valence-electron chi connectivity index (χ3n) is 3.94. The number of hydrogen-bond acceptors (Lipinski definition) is 5. The minimum atomic E-state index is -0.0153. The van der Waals surface area contributed by atoms with Gasteiger partial charge in [0.05, 0.1) is 11.5 Å². The minimum Gasteiger partial charge on any atom is -0.385 e. The summed E-state index contributed by atoms with van der Waals surface area (Å²) in [4.78, 5) is 26.7.